The molecule has 272 valence electrons. The molecule has 2 aliphatic heterocycles. The maximum absolute atomic E-state index is 14.2. The highest BCUT2D eigenvalue weighted by atomic mass is 16.3. The predicted molar refractivity (Wildman–Crippen MR) is 184 cm³/mol. The van der Waals surface area contributed by atoms with E-state index in [1.807, 2.05) is 44.2 Å². The Kier molecular flexibility index (Phi) is 10.3. The average molecular weight is 713 g/mol. The first-order valence-corrected chi connectivity index (χ1v) is 17.0. The Morgan fingerprint density at radius 3 is 2.35 bits per heavy atom. The monoisotopic (exact) mass is 712 g/mol. The highest BCUT2D eigenvalue weighted by Gasteiger charge is 2.43. The Hall–Kier alpha value is -6.06. The summed E-state index contributed by atoms with van der Waals surface area (Å²) >= 11 is 0. The van der Waals surface area contributed by atoms with Gasteiger partial charge < -0.3 is 39.6 Å². The first kappa shape index (κ1) is 35.8. The van der Waals surface area contributed by atoms with Gasteiger partial charge in [0.05, 0.1) is 5.56 Å². The quantitative estimate of drug-likeness (QED) is 0.228. The van der Waals surface area contributed by atoms with Crippen LogP contribution < -0.4 is 26.8 Å². The number of amides is 5. The maximum atomic E-state index is 14.2. The first-order valence-electron chi connectivity index (χ1n) is 17.0. The molecule has 0 spiro atoms. The van der Waals surface area contributed by atoms with Gasteiger partial charge in [-0.05, 0) is 37.3 Å². The molecular formula is C36H40N8O8. The van der Waals surface area contributed by atoms with Crippen molar-refractivity contribution in [3.05, 3.63) is 106 Å². The number of oxazole rings is 2. The van der Waals surface area contributed by atoms with Crippen molar-refractivity contribution in [3.8, 4) is 0 Å². The van der Waals surface area contributed by atoms with Crippen molar-refractivity contribution in [1.29, 1.82) is 0 Å². The molecule has 4 aromatic rings. The molecule has 1 fully saturated rings. The highest BCUT2D eigenvalue weighted by Crippen LogP contribution is 2.26. The summed E-state index contributed by atoms with van der Waals surface area (Å²) < 4.78 is 12.7. The summed E-state index contributed by atoms with van der Waals surface area (Å²) in [5, 5.41) is 11.4. The van der Waals surface area contributed by atoms with E-state index in [2.05, 4.69) is 31.2 Å². The molecule has 0 radical (unpaired) electrons. The molecule has 0 unspecified atom stereocenters. The summed E-state index contributed by atoms with van der Waals surface area (Å²) in [5.74, 6) is -2.69. The normalized spacial score (nSPS) is 22.6. The van der Waals surface area contributed by atoms with Crippen LogP contribution in [0.3, 0.4) is 0 Å². The second-order valence-electron chi connectivity index (χ2n) is 13.5. The molecule has 5 atom stereocenters. The zero-order valence-corrected chi connectivity index (χ0v) is 29.1. The van der Waals surface area contributed by atoms with Crippen molar-refractivity contribution in [2.75, 3.05) is 6.54 Å². The summed E-state index contributed by atoms with van der Waals surface area (Å²) in [5.41, 5.74) is 0.579. The fourth-order valence-corrected chi connectivity index (χ4v) is 6.32. The van der Waals surface area contributed by atoms with E-state index in [0.29, 0.717) is 6.42 Å². The summed E-state index contributed by atoms with van der Waals surface area (Å²) in [6.07, 6.45) is 4.30. The number of pyridine rings is 1. The molecule has 4 N–H and O–H groups in total. The lowest BCUT2D eigenvalue weighted by atomic mass is 10.0. The summed E-state index contributed by atoms with van der Waals surface area (Å²) in [6.45, 7) is 5.40. The van der Waals surface area contributed by atoms with Crippen molar-refractivity contribution in [1.82, 2.24) is 40.7 Å². The Balaban J connectivity index is 1.35. The van der Waals surface area contributed by atoms with Gasteiger partial charge in [-0.1, -0.05) is 44.2 Å². The van der Waals surface area contributed by atoms with Crippen LogP contribution in [0.25, 0.3) is 0 Å². The standard InChI is InChI=1S/C36H40N8O8/c1-19(2)12-24-31(47)37-20(3)34-42-27(18-51-34)36(50)44-16-23(38-30(46)22-10-11-29(45)43(4)15-22)14-28(44)33(49)40-25(13-21-8-6-5-7-9-21)35-41-26(17-52-35)32(48)39-24/h5-11,15,17-20,23-25,28H,12-14,16H2,1-4H3,(H,37,47)(H,38,46)(H,39,48)(H,40,49)/t20-,23+,24-,25+,28+/m1/s1. The van der Waals surface area contributed by atoms with Crippen LogP contribution in [-0.2, 0) is 23.1 Å². The Morgan fingerprint density at radius 1 is 0.904 bits per heavy atom. The van der Waals surface area contributed by atoms with Crippen molar-refractivity contribution >= 4 is 29.5 Å². The third-order valence-corrected chi connectivity index (χ3v) is 9.00. The van der Waals surface area contributed by atoms with E-state index in [-0.39, 0.29) is 59.6 Å². The topological polar surface area (TPSA) is 211 Å². The number of nitrogens with zero attached hydrogens (tertiary/aromatic N) is 4. The minimum Gasteiger partial charge on any atom is -0.446 e. The number of carbonyl (C=O) groups excluding carboxylic acids is 5. The second kappa shape index (κ2) is 15.0. The van der Waals surface area contributed by atoms with Crippen LogP contribution in [0, 0.1) is 5.92 Å². The van der Waals surface area contributed by atoms with Crippen LogP contribution in [0.5, 0.6) is 0 Å². The molecule has 3 aromatic heterocycles. The van der Waals surface area contributed by atoms with Crippen LogP contribution >= 0.6 is 0 Å². The van der Waals surface area contributed by atoms with Crippen LogP contribution in [-0.4, -0.2) is 73.6 Å². The number of benzene rings is 1. The zero-order chi connectivity index (χ0) is 37.1. The van der Waals surface area contributed by atoms with E-state index in [1.54, 1.807) is 6.92 Å². The molecule has 0 aliphatic carbocycles. The lowest BCUT2D eigenvalue weighted by Gasteiger charge is -2.25. The van der Waals surface area contributed by atoms with Gasteiger partial charge in [0.1, 0.15) is 36.7 Å². The molecule has 52 heavy (non-hydrogen) atoms. The molecule has 6 rings (SSSR count). The van der Waals surface area contributed by atoms with Crippen molar-refractivity contribution < 1.29 is 32.8 Å². The summed E-state index contributed by atoms with van der Waals surface area (Å²) in [4.78, 5) is 90.2. The number of hydrogen-bond donors (Lipinski definition) is 4. The van der Waals surface area contributed by atoms with Crippen molar-refractivity contribution in [2.24, 2.45) is 13.0 Å². The first-order chi connectivity index (χ1) is 24.9. The van der Waals surface area contributed by atoms with Gasteiger partial charge in [-0.15, -0.1) is 0 Å². The lowest BCUT2D eigenvalue weighted by molar-refractivity contribution is -0.126. The Morgan fingerprint density at radius 2 is 1.62 bits per heavy atom. The van der Waals surface area contributed by atoms with Gasteiger partial charge in [-0.25, -0.2) is 9.97 Å². The van der Waals surface area contributed by atoms with E-state index in [1.165, 1.54) is 41.1 Å². The molecule has 2 aliphatic rings. The third kappa shape index (κ3) is 7.95. The van der Waals surface area contributed by atoms with Gasteiger partial charge in [-0.2, -0.15) is 0 Å². The molecule has 16 heteroatoms. The second-order valence-corrected chi connectivity index (χ2v) is 13.5. The van der Waals surface area contributed by atoms with Crippen LogP contribution in [0.4, 0.5) is 0 Å². The fourth-order valence-electron chi connectivity index (χ4n) is 6.32. The molecule has 16 nitrogen and oxygen atoms in total. The highest BCUT2D eigenvalue weighted by molar-refractivity contribution is 5.98. The van der Waals surface area contributed by atoms with E-state index < -0.39 is 59.7 Å². The smallest absolute Gasteiger partial charge is 0.276 e. The predicted octanol–water partition coefficient (Wildman–Crippen LogP) is 1.81. The largest absolute Gasteiger partial charge is 0.446 e. The SMILES string of the molecule is CC(C)C[C@H]1NC(=O)c2coc(n2)[C@H](Cc2ccccc2)NC(=O)[C@@H]2C[C@H](NC(=O)c3ccc(=O)n(C)c3)CN2C(=O)c2coc(n2)[C@@H](C)NC1=O. The van der Waals surface area contributed by atoms with E-state index in [4.69, 9.17) is 8.83 Å². The number of aromatic nitrogens is 3. The molecule has 0 saturated carbocycles. The van der Waals surface area contributed by atoms with E-state index in [0.717, 1.165) is 11.8 Å². The fraction of sp³-hybridized carbons (Fsp3) is 0.389. The van der Waals surface area contributed by atoms with Crippen molar-refractivity contribution in [3.63, 3.8) is 0 Å². The van der Waals surface area contributed by atoms with Gasteiger partial charge in [0.25, 0.3) is 17.7 Å². The van der Waals surface area contributed by atoms with Crippen LogP contribution in [0.2, 0.25) is 0 Å². The molecule has 5 heterocycles. The third-order valence-electron chi connectivity index (χ3n) is 9.00. The van der Waals surface area contributed by atoms with Crippen molar-refractivity contribution in [2.45, 2.75) is 70.2 Å². The zero-order valence-electron chi connectivity index (χ0n) is 29.1. The maximum Gasteiger partial charge on any atom is 0.276 e. The van der Waals surface area contributed by atoms with E-state index in [9.17, 15) is 28.8 Å². The molecule has 5 amide bonds. The minimum atomic E-state index is -1.08. The number of aryl methyl sites for hydroxylation is 1. The van der Waals surface area contributed by atoms with Gasteiger partial charge in [0, 0.05) is 38.3 Å². The number of rotatable bonds is 6. The Labute approximate surface area is 298 Å². The number of nitrogens with one attached hydrogen (secondary N) is 4. The molecule has 1 saturated heterocycles. The minimum absolute atomic E-state index is 0.0382. The number of carbonyl (C=O) groups is 5. The van der Waals surface area contributed by atoms with Gasteiger partial charge in [0.15, 0.2) is 11.4 Å². The van der Waals surface area contributed by atoms with Gasteiger partial charge in [0.2, 0.25) is 29.2 Å². The number of fused-ring (bicyclic) bond motifs is 5. The molecular weight excluding hydrogens is 672 g/mol. The molecule has 1 aromatic carbocycles. The lowest BCUT2D eigenvalue weighted by Crippen LogP contribution is -2.48. The van der Waals surface area contributed by atoms with Crippen LogP contribution in [0.15, 0.2) is 74.8 Å². The average Bonchev–Trinajstić information content (AvgIpc) is 3.89. The van der Waals surface area contributed by atoms with Crippen LogP contribution in [0.1, 0.15) is 94.4 Å². The Bertz CT molecular complexity index is 2040. The number of hydrogen-bond acceptors (Lipinski definition) is 10. The van der Waals surface area contributed by atoms with Gasteiger partial charge >= 0.3 is 0 Å². The summed E-state index contributed by atoms with van der Waals surface area (Å²) in [6, 6.07) is 7.59. The summed E-state index contributed by atoms with van der Waals surface area (Å²) in [7, 11) is 1.53. The van der Waals surface area contributed by atoms with Gasteiger partial charge in [-0.3, -0.25) is 28.8 Å². The van der Waals surface area contributed by atoms with E-state index >= 15 is 0 Å². The molecule has 4 bridgehead atoms.